The highest BCUT2D eigenvalue weighted by Gasteiger charge is 2.65. The first-order chi connectivity index (χ1) is 28.5. The predicted molar refractivity (Wildman–Crippen MR) is 230 cm³/mol. The van der Waals surface area contributed by atoms with Crippen molar-refractivity contribution < 1.29 is 35.9 Å². The number of rotatable bonds is 12. The summed E-state index contributed by atoms with van der Waals surface area (Å²) in [6.45, 7) is 7.72. The maximum Gasteiger partial charge on any atom is 0.286 e. The van der Waals surface area contributed by atoms with E-state index in [0.717, 1.165) is 0 Å². The van der Waals surface area contributed by atoms with E-state index in [1.807, 2.05) is 0 Å². The molecule has 2 saturated carbocycles. The van der Waals surface area contributed by atoms with Gasteiger partial charge in [0.25, 0.3) is 31.9 Å². The number of halogens is 2. The highest BCUT2D eigenvalue weighted by Crippen LogP contribution is 2.57. The van der Waals surface area contributed by atoms with Gasteiger partial charge in [0.15, 0.2) is 0 Å². The Morgan fingerprint density at radius 1 is 0.717 bits per heavy atom. The Hall–Kier alpha value is -4.65. The second-order valence-corrected chi connectivity index (χ2v) is 21.1. The lowest BCUT2D eigenvalue weighted by molar-refractivity contribution is -0.148. The smallest absolute Gasteiger partial charge is 0.286 e. The molecule has 0 radical (unpaired) electrons. The van der Waals surface area contributed by atoms with E-state index in [1.165, 1.54) is 55.0 Å². The fourth-order valence-corrected chi connectivity index (χ4v) is 12.1. The van der Waals surface area contributed by atoms with Crippen molar-refractivity contribution in [1.82, 2.24) is 23.8 Å². The first kappa shape index (κ1) is 42.1. The van der Waals surface area contributed by atoms with Gasteiger partial charge >= 0.3 is 0 Å². The zero-order valence-corrected chi connectivity index (χ0v) is 38.0. The van der Waals surface area contributed by atoms with Crippen LogP contribution < -0.4 is 14.8 Å². The van der Waals surface area contributed by atoms with E-state index in [0.29, 0.717) is 39.6 Å². The van der Waals surface area contributed by atoms with Crippen LogP contribution in [-0.4, -0.2) is 71.2 Å². The molecule has 1 N–H and O–H groups in total. The van der Waals surface area contributed by atoms with E-state index in [2.05, 4.69) is 52.1 Å². The predicted octanol–water partition coefficient (Wildman–Crippen LogP) is 7.60. The number of benzene rings is 2. The fraction of sp³-hybridized carbons (Fsp3) is 0.357. The zero-order valence-electron chi connectivity index (χ0n) is 33.2. The van der Waals surface area contributed by atoms with E-state index in [-0.39, 0.29) is 79.3 Å². The zero-order chi connectivity index (χ0) is 42.8. The Kier molecular flexibility index (Phi) is 11.0. The van der Waals surface area contributed by atoms with Crippen LogP contribution in [0.1, 0.15) is 76.5 Å². The molecule has 0 atom stereocenters. The van der Waals surface area contributed by atoms with Crippen molar-refractivity contribution in [2.45, 2.75) is 99.0 Å². The average Bonchev–Trinajstić information content (AvgIpc) is 4.16. The summed E-state index contributed by atoms with van der Waals surface area (Å²) in [4.78, 5) is 44.4. The summed E-state index contributed by atoms with van der Waals surface area (Å²) in [5, 5.41) is 3.34. The third-order valence-corrected chi connectivity index (χ3v) is 15.3. The van der Waals surface area contributed by atoms with E-state index in [4.69, 9.17) is 9.47 Å². The monoisotopic (exact) mass is 980 g/mol. The normalized spacial score (nSPS) is 16.5. The van der Waals surface area contributed by atoms with E-state index < -0.39 is 53.7 Å². The maximum atomic E-state index is 15.9. The summed E-state index contributed by atoms with van der Waals surface area (Å²) in [6, 6.07) is 15.2. The molecule has 5 aromatic rings. The quantitative estimate of drug-likeness (QED) is 0.121. The molecular weight excluding hydrogens is 940 g/mol. The highest BCUT2D eigenvalue weighted by molar-refractivity contribution is 9.10. The highest BCUT2D eigenvalue weighted by atomic mass is 79.9. The number of carbonyl (C=O) groups is 2. The first-order valence-electron chi connectivity index (χ1n) is 19.6. The molecule has 0 unspecified atom stereocenters. The van der Waals surface area contributed by atoms with Gasteiger partial charge in [-0.3, -0.25) is 14.6 Å². The van der Waals surface area contributed by atoms with Crippen molar-refractivity contribution in [2.75, 3.05) is 11.9 Å². The lowest BCUT2D eigenvalue weighted by Gasteiger charge is -2.38. The number of pyridine rings is 3. The molecule has 14 nitrogen and oxygen atoms in total. The lowest BCUT2D eigenvalue weighted by Crippen LogP contribution is -2.60. The van der Waals surface area contributed by atoms with Crippen LogP contribution in [0.5, 0.6) is 11.8 Å². The standard InChI is InChI=1S/C42H42Br2N6O8S2/c1-25(2)57-37-31(21-27(43)23-47-37)41(15-16-41)39(51)49(59(53,54)35-13-5-11-33-29(35)9-7-19-45-33)50(60(55,56)36-14-6-12-34-30(36)10-8-20-46-34)40(52)42(17-18-42)32-22-28(44)24-48-38(32)58-26(3)4/h5-7,9,11-14,19,21-26,46H,8,10,15-18,20H2,1-4H3. The SMILES string of the molecule is CC(C)Oc1ncc(Br)cc1C1(C(=O)N(N(C(=O)C2(c3cc(Br)cnc3OC(C)C)CC2)S(=O)(=O)c2cccc3ncccc23)S(=O)(=O)c2cccc3c2CCCN3)CC1. The van der Waals surface area contributed by atoms with Gasteiger partial charge in [-0.15, -0.1) is 8.83 Å². The number of hydrogen-bond acceptors (Lipinski definition) is 12. The van der Waals surface area contributed by atoms with Gasteiger partial charge in [0.1, 0.15) is 0 Å². The van der Waals surface area contributed by atoms with Gasteiger partial charge < -0.3 is 14.8 Å². The molecular formula is C42H42Br2N6O8S2. The first-order valence-corrected chi connectivity index (χ1v) is 24.0. The largest absolute Gasteiger partial charge is 0.475 e. The number of nitrogens with zero attached hydrogens (tertiary/aromatic N) is 5. The van der Waals surface area contributed by atoms with Gasteiger partial charge in [0.05, 0.1) is 38.3 Å². The number of hydrogen-bond donors (Lipinski definition) is 1. The molecule has 3 aliphatic rings. The Morgan fingerprint density at radius 3 is 1.77 bits per heavy atom. The summed E-state index contributed by atoms with van der Waals surface area (Å²) in [5.74, 6) is -2.18. The number of hydrazine groups is 1. The van der Waals surface area contributed by atoms with Crippen LogP contribution in [-0.2, 0) is 46.9 Å². The fourth-order valence-electron chi connectivity index (χ4n) is 7.77. The van der Waals surface area contributed by atoms with Gasteiger partial charge in [-0.1, -0.05) is 12.1 Å². The molecule has 314 valence electrons. The Balaban J connectivity index is 1.43. The number of anilines is 1. The molecule has 2 aliphatic carbocycles. The van der Waals surface area contributed by atoms with Gasteiger partial charge in [-0.05, 0) is 152 Å². The van der Waals surface area contributed by atoms with Crippen LogP contribution in [0.25, 0.3) is 10.9 Å². The Bertz CT molecular complexity index is 2770. The number of fused-ring (bicyclic) bond motifs is 2. The van der Waals surface area contributed by atoms with E-state index >= 15 is 26.4 Å². The molecule has 8 rings (SSSR count). The molecule has 0 saturated heterocycles. The van der Waals surface area contributed by atoms with Crippen LogP contribution >= 0.6 is 31.9 Å². The van der Waals surface area contributed by atoms with Gasteiger partial charge in [-0.25, -0.2) is 9.97 Å². The third kappa shape index (κ3) is 7.32. The van der Waals surface area contributed by atoms with Crippen LogP contribution in [0.2, 0.25) is 0 Å². The molecule has 2 amide bonds. The summed E-state index contributed by atoms with van der Waals surface area (Å²) in [6.07, 6.45) is 4.98. The van der Waals surface area contributed by atoms with Crippen LogP contribution in [0.3, 0.4) is 0 Å². The number of nitrogens with one attached hydrogen (secondary N) is 1. The van der Waals surface area contributed by atoms with Crippen molar-refractivity contribution in [3.05, 3.63) is 105 Å². The van der Waals surface area contributed by atoms with Crippen molar-refractivity contribution in [3.63, 3.8) is 0 Å². The minimum Gasteiger partial charge on any atom is -0.475 e. The summed E-state index contributed by atoms with van der Waals surface area (Å²) in [5.41, 5.74) is -1.70. The summed E-state index contributed by atoms with van der Waals surface area (Å²) >= 11 is 6.91. The Labute approximate surface area is 365 Å². The molecule has 60 heavy (non-hydrogen) atoms. The molecule has 1 aliphatic heterocycles. The molecule has 3 aromatic heterocycles. The average molecular weight is 983 g/mol. The second kappa shape index (κ2) is 15.7. The minimum absolute atomic E-state index is 0.0732. The molecule has 0 bridgehead atoms. The molecule has 2 fully saturated rings. The number of ether oxygens (including phenoxy) is 2. The molecule has 2 aromatic carbocycles. The van der Waals surface area contributed by atoms with Crippen molar-refractivity contribution in [3.8, 4) is 11.8 Å². The number of carbonyl (C=O) groups excluding carboxylic acids is 2. The van der Waals surface area contributed by atoms with Crippen LogP contribution in [0.4, 0.5) is 5.69 Å². The molecule has 0 spiro atoms. The van der Waals surface area contributed by atoms with Crippen LogP contribution in [0.15, 0.2) is 98.0 Å². The van der Waals surface area contributed by atoms with Gasteiger partial charge in [0, 0.05) is 56.3 Å². The Morgan fingerprint density at radius 2 is 1.23 bits per heavy atom. The van der Waals surface area contributed by atoms with E-state index in [9.17, 15) is 0 Å². The van der Waals surface area contributed by atoms with Crippen molar-refractivity contribution >= 4 is 80.3 Å². The van der Waals surface area contributed by atoms with Crippen molar-refractivity contribution in [1.29, 1.82) is 0 Å². The third-order valence-electron chi connectivity index (χ3n) is 10.9. The molecule has 18 heteroatoms. The second-order valence-electron chi connectivity index (χ2n) is 15.8. The minimum atomic E-state index is -5.31. The molecule has 4 heterocycles. The van der Waals surface area contributed by atoms with Crippen molar-refractivity contribution in [2.24, 2.45) is 0 Å². The topological polar surface area (TPSA) is 178 Å². The lowest BCUT2D eigenvalue weighted by atomic mass is 9.95. The number of amides is 2. The van der Waals surface area contributed by atoms with Gasteiger partial charge in [-0.2, -0.15) is 16.8 Å². The maximum absolute atomic E-state index is 15.9. The number of sulfonamides is 2. The van der Waals surface area contributed by atoms with Gasteiger partial charge in [0.2, 0.25) is 11.8 Å². The summed E-state index contributed by atoms with van der Waals surface area (Å²) < 4.78 is 76.8. The summed E-state index contributed by atoms with van der Waals surface area (Å²) in [7, 11) is -10.6. The van der Waals surface area contributed by atoms with Crippen LogP contribution in [0, 0.1) is 0 Å². The van der Waals surface area contributed by atoms with E-state index in [1.54, 1.807) is 52.0 Å². The number of aromatic nitrogens is 3.